The van der Waals surface area contributed by atoms with E-state index in [1.165, 1.54) is 6.07 Å². The molecule has 0 spiro atoms. The third kappa shape index (κ3) is 4.87. The molecule has 3 atom stereocenters. The number of benzene rings is 1. The van der Waals surface area contributed by atoms with Gasteiger partial charge in [-0.25, -0.2) is 0 Å². The maximum absolute atomic E-state index is 13.3. The van der Waals surface area contributed by atoms with Crippen molar-refractivity contribution < 1.29 is 35.3 Å². The maximum atomic E-state index is 13.3. The number of hydrogen-bond acceptors (Lipinski definition) is 6. The van der Waals surface area contributed by atoms with E-state index in [1.807, 2.05) is 27.8 Å². The van der Waals surface area contributed by atoms with Gasteiger partial charge in [-0.05, 0) is 50.4 Å². The van der Waals surface area contributed by atoms with Gasteiger partial charge >= 0.3 is 15.6 Å². The van der Waals surface area contributed by atoms with Crippen molar-refractivity contribution >= 4 is 15.9 Å². The summed E-state index contributed by atoms with van der Waals surface area (Å²) in [4.78, 5) is 14.7. The Kier molecular flexibility index (Phi) is 7.39. The van der Waals surface area contributed by atoms with E-state index >= 15 is 0 Å². The number of alkyl halides is 3. The lowest BCUT2D eigenvalue weighted by Crippen LogP contribution is -2.54. The third-order valence-electron chi connectivity index (χ3n) is 7.09. The Labute approximate surface area is 193 Å². The SMILES string of the molecule is CCCCOc1ccc2c(c1OS(=O)(=O)C(F)(F)F)[C@@]1(C)CC(=O)CC[C@H]1[C@H](N(C)CC)C2. The molecule has 0 radical (unpaired) electrons. The molecule has 1 fully saturated rings. The first-order valence-corrected chi connectivity index (χ1v) is 12.8. The second kappa shape index (κ2) is 9.44. The van der Waals surface area contributed by atoms with Crippen LogP contribution in [0, 0.1) is 5.92 Å². The van der Waals surface area contributed by atoms with E-state index in [2.05, 4.69) is 4.90 Å². The van der Waals surface area contributed by atoms with Crippen molar-refractivity contribution in [2.45, 2.75) is 76.3 Å². The Morgan fingerprint density at radius 2 is 1.94 bits per heavy atom. The summed E-state index contributed by atoms with van der Waals surface area (Å²) in [5.74, 6) is -0.521. The number of fused-ring (bicyclic) bond motifs is 3. The van der Waals surface area contributed by atoms with Crippen LogP contribution in [0.1, 0.15) is 64.0 Å². The summed E-state index contributed by atoms with van der Waals surface area (Å²) in [6.45, 7) is 6.77. The summed E-state index contributed by atoms with van der Waals surface area (Å²) in [7, 11) is -3.94. The van der Waals surface area contributed by atoms with Crippen LogP contribution in [0.2, 0.25) is 0 Å². The molecule has 0 bridgehead atoms. The average Bonchev–Trinajstić information content (AvgIpc) is 2.72. The number of hydrogen-bond donors (Lipinski definition) is 0. The number of halogens is 3. The zero-order valence-electron chi connectivity index (χ0n) is 19.5. The molecule has 0 heterocycles. The van der Waals surface area contributed by atoms with Crippen molar-refractivity contribution in [3.8, 4) is 11.5 Å². The number of ketones is 1. The van der Waals surface area contributed by atoms with Gasteiger partial charge in [-0.2, -0.15) is 21.6 Å². The minimum atomic E-state index is -5.93. The molecule has 0 N–H and O–H groups in total. The van der Waals surface area contributed by atoms with E-state index in [4.69, 9.17) is 8.92 Å². The molecule has 3 rings (SSSR count). The van der Waals surface area contributed by atoms with E-state index in [9.17, 15) is 26.4 Å². The molecule has 33 heavy (non-hydrogen) atoms. The molecule has 2 aliphatic carbocycles. The van der Waals surface area contributed by atoms with Crippen LogP contribution in [0.3, 0.4) is 0 Å². The van der Waals surface area contributed by atoms with E-state index in [1.54, 1.807) is 6.07 Å². The molecular formula is C23H32F3NO5S. The van der Waals surface area contributed by atoms with Crippen molar-refractivity contribution in [2.24, 2.45) is 5.92 Å². The molecule has 0 aromatic heterocycles. The highest BCUT2D eigenvalue weighted by Gasteiger charge is 2.54. The molecule has 2 aliphatic rings. The Hall–Kier alpha value is -1.81. The largest absolute Gasteiger partial charge is 0.534 e. The topological polar surface area (TPSA) is 72.9 Å². The molecule has 1 aromatic rings. The fourth-order valence-corrected chi connectivity index (χ4v) is 5.78. The third-order valence-corrected chi connectivity index (χ3v) is 8.04. The first kappa shape index (κ1) is 25.8. The Balaban J connectivity index is 2.22. The molecule has 0 aliphatic heterocycles. The van der Waals surface area contributed by atoms with Crippen molar-refractivity contribution in [2.75, 3.05) is 20.2 Å². The van der Waals surface area contributed by atoms with Crippen molar-refractivity contribution in [1.82, 2.24) is 4.90 Å². The predicted octanol–water partition coefficient (Wildman–Crippen LogP) is 4.60. The van der Waals surface area contributed by atoms with Crippen molar-refractivity contribution in [3.63, 3.8) is 0 Å². The minimum absolute atomic E-state index is 0.00133. The summed E-state index contributed by atoms with van der Waals surface area (Å²) in [6.07, 6.45) is 3.04. The fourth-order valence-electron chi connectivity index (χ4n) is 5.30. The Bertz CT molecular complexity index is 995. The van der Waals surface area contributed by atoms with Crippen LogP contribution in [-0.4, -0.2) is 50.9 Å². The lowest BCUT2D eigenvalue weighted by molar-refractivity contribution is -0.124. The Morgan fingerprint density at radius 3 is 2.55 bits per heavy atom. The quantitative estimate of drug-likeness (QED) is 0.301. The number of Topliss-reactive ketones (excluding diaryl/α,β-unsaturated/α-hetero) is 1. The Morgan fingerprint density at radius 1 is 1.24 bits per heavy atom. The standard InChI is InChI=1S/C23H32F3NO5S/c1-5-7-12-31-19-11-8-15-13-18(27(4)6-2)17-10-9-16(28)14-22(17,3)20(15)21(19)32-33(29,30)23(24,25)26/h8,11,17-18H,5-7,9-10,12-14H2,1-4H3/t17-,18+,22-/m0/s1. The lowest BCUT2D eigenvalue weighted by atomic mass is 9.56. The van der Waals surface area contributed by atoms with Crippen LogP contribution < -0.4 is 8.92 Å². The van der Waals surface area contributed by atoms with E-state index in [0.717, 1.165) is 13.0 Å². The first-order chi connectivity index (χ1) is 15.4. The van der Waals surface area contributed by atoms with Gasteiger partial charge in [0, 0.05) is 29.9 Å². The van der Waals surface area contributed by atoms with Gasteiger partial charge < -0.3 is 13.8 Å². The van der Waals surface area contributed by atoms with Crippen LogP contribution in [0.25, 0.3) is 0 Å². The highest BCUT2D eigenvalue weighted by molar-refractivity contribution is 7.88. The van der Waals surface area contributed by atoms with Crippen molar-refractivity contribution in [3.05, 3.63) is 23.3 Å². The summed E-state index contributed by atoms with van der Waals surface area (Å²) in [6, 6.07) is 3.31. The second-order valence-corrected chi connectivity index (χ2v) is 10.8. The zero-order chi connectivity index (χ0) is 24.6. The number of carbonyl (C=O) groups is 1. The number of rotatable bonds is 8. The minimum Gasteiger partial charge on any atom is -0.490 e. The van der Waals surface area contributed by atoms with Gasteiger partial charge in [-0.15, -0.1) is 0 Å². The van der Waals surface area contributed by atoms with Gasteiger partial charge in [-0.1, -0.05) is 33.3 Å². The highest BCUT2D eigenvalue weighted by atomic mass is 32.2. The summed E-state index contributed by atoms with van der Waals surface area (Å²) >= 11 is 0. The van der Waals surface area contributed by atoms with Crippen LogP contribution in [-0.2, 0) is 26.7 Å². The van der Waals surface area contributed by atoms with Crippen LogP contribution in [0.4, 0.5) is 13.2 Å². The predicted molar refractivity (Wildman–Crippen MR) is 118 cm³/mol. The average molecular weight is 492 g/mol. The van der Waals surface area contributed by atoms with Gasteiger partial charge in [0.25, 0.3) is 0 Å². The smallest absolute Gasteiger partial charge is 0.490 e. The van der Waals surface area contributed by atoms with Crippen LogP contribution >= 0.6 is 0 Å². The molecule has 0 amide bonds. The van der Waals surface area contributed by atoms with Crippen LogP contribution in [0.5, 0.6) is 11.5 Å². The molecule has 186 valence electrons. The van der Waals surface area contributed by atoms with Gasteiger partial charge in [0.15, 0.2) is 11.5 Å². The number of ether oxygens (including phenoxy) is 1. The first-order valence-electron chi connectivity index (χ1n) is 11.4. The normalized spacial score (nSPS) is 25.5. The second-order valence-electron chi connectivity index (χ2n) is 9.23. The van der Waals surface area contributed by atoms with E-state index in [0.29, 0.717) is 36.8 Å². The van der Waals surface area contributed by atoms with Gasteiger partial charge in [0.05, 0.1) is 6.61 Å². The molecule has 10 heteroatoms. The molecule has 1 aromatic carbocycles. The monoisotopic (exact) mass is 491 g/mol. The summed E-state index contributed by atoms with van der Waals surface area (Å²) in [5.41, 5.74) is -5.43. The summed E-state index contributed by atoms with van der Waals surface area (Å²) in [5, 5.41) is 0. The maximum Gasteiger partial charge on any atom is 0.534 e. The van der Waals surface area contributed by atoms with Gasteiger partial charge in [0.1, 0.15) is 5.78 Å². The fraction of sp³-hybridized carbons (Fsp3) is 0.696. The number of likely N-dealkylation sites (N-methyl/N-ethyl adjacent to an activating group) is 1. The molecule has 6 nitrogen and oxygen atoms in total. The molecule has 0 saturated heterocycles. The number of unbranched alkanes of at least 4 members (excludes halogenated alkanes) is 1. The lowest BCUT2D eigenvalue weighted by Gasteiger charge is -2.52. The zero-order valence-corrected chi connectivity index (χ0v) is 20.3. The number of nitrogens with zero attached hydrogens (tertiary/aromatic N) is 1. The number of carbonyl (C=O) groups excluding carboxylic acids is 1. The van der Waals surface area contributed by atoms with Gasteiger partial charge in [0.2, 0.25) is 0 Å². The van der Waals surface area contributed by atoms with E-state index in [-0.39, 0.29) is 36.5 Å². The van der Waals surface area contributed by atoms with Crippen molar-refractivity contribution in [1.29, 1.82) is 0 Å². The molecular weight excluding hydrogens is 459 g/mol. The van der Waals surface area contributed by atoms with E-state index < -0.39 is 26.8 Å². The van der Waals surface area contributed by atoms with Crippen LogP contribution in [0.15, 0.2) is 12.1 Å². The summed E-state index contributed by atoms with van der Waals surface area (Å²) < 4.78 is 74.4. The molecule has 1 saturated carbocycles. The molecule has 0 unspecified atom stereocenters. The van der Waals surface area contributed by atoms with Gasteiger partial charge in [-0.3, -0.25) is 4.79 Å². The highest BCUT2D eigenvalue weighted by Crippen LogP contribution is 2.55.